The van der Waals surface area contributed by atoms with Gasteiger partial charge in [0.25, 0.3) is 0 Å². The lowest BCUT2D eigenvalue weighted by Gasteiger charge is -2.25. The van der Waals surface area contributed by atoms with Gasteiger partial charge in [0.2, 0.25) is 0 Å². The maximum Gasteiger partial charge on any atom is 0.119 e. The highest BCUT2D eigenvalue weighted by atomic mass is 16.5. The minimum Gasteiger partial charge on any atom is -0.494 e. The van der Waals surface area contributed by atoms with E-state index in [4.69, 9.17) is 10.5 Å². The monoisotopic (exact) mass is 284 g/mol. The molecule has 1 atom stereocenters. The summed E-state index contributed by atoms with van der Waals surface area (Å²) in [5.74, 6) is 0.890. The van der Waals surface area contributed by atoms with Crippen molar-refractivity contribution in [2.24, 2.45) is 5.73 Å². The van der Waals surface area contributed by atoms with Gasteiger partial charge in [-0.1, -0.05) is 30.3 Å². The van der Waals surface area contributed by atoms with E-state index >= 15 is 0 Å². The van der Waals surface area contributed by atoms with Crippen LogP contribution in [-0.4, -0.2) is 20.2 Å². The molecule has 0 heterocycles. The summed E-state index contributed by atoms with van der Waals surface area (Å²) >= 11 is 0. The fourth-order valence-corrected chi connectivity index (χ4v) is 2.47. The first-order chi connectivity index (χ1) is 10.1. The van der Waals surface area contributed by atoms with E-state index in [9.17, 15) is 0 Å². The van der Waals surface area contributed by atoms with Crippen LogP contribution in [0.15, 0.2) is 48.5 Å². The zero-order valence-electron chi connectivity index (χ0n) is 13.0. The minimum absolute atomic E-state index is 0.0229. The standard InChI is InChI=1S/C18H24N2O/c1-4-21-16-11-9-15(10-12-16)17(19)13-20(3)18-8-6-5-7-14(18)2/h5-12,17H,4,13,19H2,1-3H3. The van der Waals surface area contributed by atoms with Crippen molar-refractivity contribution in [1.82, 2.24) is 0 Å². The number of nitrogens with two attached hydrogens (primary N) is 1. The molecule has 3 heteroatoms. The van der Waals surface area contributed by atoms with Crippen molar-refractivity contribution in [3.63, 3.8) is 0 Å². The Labute approximate surface area is 127 Å². The summed E-state index contributed by atoms with van der Waals surface area (Å²) in [5, 5.41) is 0. The van der Waals surface area contributed by atoms with E-state index in [0.717, 1.165) is 17.9 Å². The molecule has 2 aromatic rings. The molecule has 1 unspecified atom stereocenters. The number of hydrogen-bond donors (Lipinski definition) is 1. The third-order valence-corrected chi connectivity index (χ3v) is 3.62. The van der Waals surface area contributed by atoms with Crippen LogP contribution in [0.1, 0.15) is 24.1 Å². The molecular formula is C18H24N2O. The highest BCUT2D eigenvalue weighted by molar-refractivity contribution is 5.52. The van der Waals surface area contributed by atoms with Crippen molar-refractivity contribution >= 4 is 5.69 Å². The van der Waals surface area contributed by atoms with Crippen LogP contribution in [-0.2, 0) is 0 Å². The largest absolute Gasteiger partial charge is 0.494 e. The van der Waals surface area contributed by atoms with Gasteiger partial charge in [0, 0.05) is 25.3 Å². The molecule has 112 valence electrons. The van der Waals surface area contributed by atoms with Gasteiger partial charge < -0.3 is 15.4 Å². The normalized spacial score (nSPS) is 12.0. The summed E-state index contributed by atoms with van der Waals surface area (Å²) in [6.07, 6.45) is 0. The number of rotatable bonds is 6. The van der Waals surface area contributed by atoms with E-state index < -0.39 is 0 Å². The molecule has 0 saturated carbocycles. The van der Waals surface area contributed by atoms with Gasteiger partial charge in [0.05, 0.1) is 6.61 Å². The molecule has 0 saturated heterocycles. The molecule has 0 bridgehead atoms. The first-order valence-corrected chi connectivity index (χ1v) is 7.37. The SMILES string of the molecule is CCOc1ccc(C(N)CN(C)c2ccccc2C)cc1. The molecule has 2 rings (SSSR count). The highest BCUT2D eigenvalue weighted by Gasteiger charge is 2.11. The predicted molar refractivity (Wildman–Crippen MR) is 89.0 cm³/mol. The second-order valence-electron chi connectivity index (χ2n) is 5.28. The molecule has 0 aliphatic rings. The van der Waals surface area contributed by atoms with Crippen molar-refractivity contribution < 1.29 is 4.74 Å². The van der Waals surface area contributed by atoms with Crippen LogP contribution in [0.25, 0.3) is 0 Å². The zero-order valence-corrected chi connectivity index (χ0v) is 13.0. The molecule has 0 aliphatic heterocycles. The molecular weight excluding hydrogens is 260 g/mol. The molecule has 0 aromatic heterocycles. The second-order valence-corrected chi connectivity index (χ2v) is 5.28. The van der Waals surface area contributed by atoms with Crippen LogP contribution in [0, 0.1) is 6.92 Å². The van der Waals surface area contributed by atoms with Crippen LogP contribution in [0.2, 0.25) is 0 Å². The minimum atomic E-state index is -0.0229. The van der Waals surface area contributed by atoms with Crippen molar-refractivity contribution in [1.29, 1.82) is 0 Å². The number of ether oxygens (including phenoxy) is 1. The van der Waals surface area contributed by atoms with E-state index in [1.165, 1.54) is 11.3 Å². The number of likely N-dealkylation sites (N-methyl/N-ethyl adjacent to an activating group) is 1. The maximum atomic E-state index is 6.32. The summed E-state index contributed by atoms with van der Waals surface area (Å²) in [6.45, 7) is 5.56. The Morgan fingerprint density at radius 3 is 2.38 bits per heavy atom. The maximum absolute atomic E-state index is 6.32. The number of benzene rings is 2. The molecule has 21 heavy (non-hydrogen) atoms. The topological polar surface area (TPSA) is 38.5 Å². The van der Waals surface area contributed by atoms with E-state index in [0.29, 0.717) is 6.61 Å². The average molecular weight is 284 g/mol. The third-order valence-electron chi connectivity index (χ3n) is 3.62. The van der Waals surface area contributed by atoms with Gasteiger partial charge in [0.15, 0.2) is 0 Å². The van der Waals surface area contributed by atoms with Gasteiger partial charge in [-0.2, -0.15) is 0 Å². The predicted octanol–water partition coefficient (Wildman–Crippen LogP) is 3.53. The second kappa shape index (κ2) is 7.14. The lowest BCUT2D eigenvalue weighted by Crippen LogP contribution is -2.29. The summed E-state index contributed by atoms with van der Waals surface area (Å²) in [5.41, 5.74) is 9.93. The van der Waals surface area contributed by atoms with Gasteiger partial charge in [-0.15, -0.1) is 0 Å². The quantitative estimate of drug-likeness (QED) is 0.882. The van der Waals surface area contributed by atoms with Gasteiger partial charge >= 0.3 is 0 Å². The van der Waals surface area contributed by atoms with Crippen LogP contribution in [0.5, 0.6) is 5.75 Å². The van der Waals surface area contributed by atoms with Crippen molar-refractivity contribution in [3.05, 3.63) is 59.7 Å². The molecule has 2 N–H and O–H groups in total. The average Bonchev–Trinajstić information content (AvgIpc) is 2.48. The van der Waals surface area contributed by atoms with Gasteiger partial charge in [-0.3, -0.25) is 0 Å². The third kappa shape index (κ3) is 3.99. The Bertz CT molecular complexity index is 566. The number of nitrogens with zero attached hydrogens (tertiary/aromatic N) is 1. The number of para-hydroxylation sites is 1. The van der Waals surface area contributed by atoms with E-state index in [-0.39, 0.29) is 6.04 Å². The lowest BCUT2D eigenvalue weighted by atomic mass is 10.1. The molecule has 0 spiro atoms. The molecule has 2 aromatic carbocycles. The van der Waals surface area contributed by atoms with Crippen LogP contribution >= 0.6 is 0 Å². The highest BCUT2D eigenvalue weighted by Crippen LogP contribution is 2.22. The summed E-state index contributed by atoms with van der Waals surface area (Å²) in [4.78, 5) is 2.20. The summed E-state index contributed by atoms with van der Waals surface area (Å²) in [7, 11) is 2.08. The van der Waals surface area contributed by atoms with Crippen LogP contribution in [0.4, 0.5) is 5.69 Å². The van der Waals surface area contributed by atoms with Crippen LogP contribution < -0.4 is 15.4 Å². The fourth-order valence-electron chi connectivity index (χ4n) is 2.47. The summed E-state index contributed by atoms with van der Waals surface area (Å²) in [6, 6.07) is 16.4. The van der Waals surface area contributed by atoms with E-state index in [1.54, 1.807) is 0 Å². The smallest absolute Gasteiger partial charge is 0.119 e. The Kier molecular flexibility index (Phi) is 5.23. The van der Waals surface area contributed by atoms with Crippen molar-refractivity contribution in [2.75, 3.05) is 25.1 Å². The first-order valence-electron chi connectivity index (χ1n) is 7.37. The van der Waals surface area contributed by atoms with Crippen molar-refractivity contribution in [2.45, 2.75) is 19.9 Å². The van der Waals surface area contributed by atoms with Crippen molar-refractivity contribution in [3.8, 4) is 5.75 Å². The number of aryl methyl sites for hydroxylation is 1. The first kappa shape index (κ1) is 15.4. The molecule has 0 aliphatic carbocycles. The van der Waals surface area contributed by atoms with E-state index in [2.05, 4.69) is 43.1 Å². The zero-order chi connectivity index (χ0) is 15.2. The summed E-state index contributed by atoms with van der Waals surface area (Å²) < 4.78 is 5.46. The molecule has 0 amide bonds. The number of anilines is 1. The Morgan fingerprint density at radius 1 is 1.10 bits per heavy atom. The number of hydrogen-bond acceptors (Lipinski definition) is 3. The van der Waals surface area contributed by atoms with E-state index in [1.807, 2.05) is 31.2 Å². The van der Waals surface area contributed by atoms with Gasteiger partial charge in [-0.05, 0) is 43.2 Å². The van der Waals surface area contributed by atoms with Gasteiger partial charge in [0.1, 0.15) is 5.75 Å². The molecule has 3 nitrogen and oxygen atoms in total. The fraction of sp³-hybridized carbons (Fsp3) is 0.333. The van der Waals surface area contributed by atoms with Crippen LogP contribution in [0.3, 0.4) is 0 Å². The van der Waals surface area contributed by atoms with Gasteiger partial charge in [-0.25, -0.2) is 0 Å². The molecule has 0 radical (unpaired) electrons. The Balaban J connectivity index is 2.03. The Morgan fingerprint density at radius 2 is 1.76 bits per heavy atom. The Hall–Kier alpha value is -2.00. The molecule has 0 fully saturated rings. The lowest BCUT2D eigenvalue weighted by molar-refractivity contribution is 0.340.